The Morgan fingerprint density at radius 3 is 2.34 bits per heavy atom. The Morgan fingerprint density at radius 2 is 1.66 bits per heavy atom. The first-order valence-electron chi connectivity index (χ1n) is 9.41. The molecule has 1 N–H and O–H groups in total. The monoisotopic (exact) mass is 392 g/mol. The highest BCUT2D eigenvalue weighted by atomic mass is 16.5. The maximum atomic E-state index is 5.44. The number of aryl methyl sites for hydroxylation is 1. The molecule has 4 rings (SSSR count). The zero-order valence-corrected chi connectivity index (χ0v) is 17.0. The van der Waals surface area contributed by atoms with Crippen molar-refractivity contribution >= 4 is 23.1 Å². The molecule has 2 heterocycles. The third-order valence-electron chi connectivity index (χ3n) is 4.91. The highest BCUT2D eigenvalue weighted by Crippen LogP contribution is 2.40. The summed E-state index contributed by atoms with van der Waals surface area (Å²) < 4.78 is 16.3. The first-order chi connectivity index (χ1) is 14.1. The summed E-state index contributed by atoms with van der Waals surface area (Å²) in [4.78, 5) is 11.6. The van der Waals surface area contributed by atoms with Crippen molar-refractivity contribution in [1.82, 2.24) is 9.97 Å². The number of benzene rings is 2. The smallest absolute Gasteiger partial charge is 0.232 e. The van der Waals surface area contributed by atoms with Crippen molar-refractivity contribution in [2.45, 2.75) is 13.3 Å². The van der Waals surface area contributed by atoms with Gasteiger partial charge in [-0.05, 0) is 25.0 Å². The molecule has 1 aliphatic heterocycles. The van der Waals surface area contributed by atoms with Crippen LogP contribution in [0.3, 0.4) is 0 Å². The van der Waals surface area contributed by atoms with Gasteiger partial charge in [0.2, 0.25) is 11.7 Å². The fourth-order valence-electron chi connectivity index (χ4n) is 3.58. The summed E-state index contributed by atoms with van der Waals surface area (Å²) in [6.07, 6.45) is 0.989. The van der Waals surface area contributed by atoms with E-state index in [1.54, 1.807) is 21.3 Å². The second kappa shape index (κ2) is 7.87. The molecule has 0 saturated carbocycles. The number of fused-ring (bicyclic) bond motifs is 1. The SMILES string of the molecule is COc1cc(Nc2cc(C)nc(N3CCc4ccccc43)n2)cc(OC)c1OC. The molecule has 0 unspecified atom stereocenters. The molecule has 2 aromatic carbocycles. The fraction of sp³-hybridized carbons (Fsp3) is 0.273. The molecule has 1 aromatic heterocycles. The molecule has 0 atom stereocenters. The zero-order valence-electron chi connectivity index (χ0n) is 17.0. The normalized spacial score (nSPS) is 12.5. The molecule has 7 nitrogen and oxygen atoms in total. The van der Waals surface area contributed by atoms with Crippen molar-refractivity contribution in [3.8, 4) is 17.2 Å². The van der Waals surface area contributed by atoms with Crippen molar-refractivity contribution < 1.29 is 14.2 Å². The van der Waals surface area contributed by atoms with Gasteiger partial charge >= 0.3 is 0 Å². The molecule has 3 aromatic rings. The lowest BCUT2D eigenvalue weighted by Crippen LogP contribution is -2.17. The Balaban J connectivity index is 1.68. The van der Waals surface area contributed by atoms with Crippen molar-refractivity contribution in [3.05, 3.63) is 53.7 Å². The van der Waals surface area contributed by atoms with Crippen molar-refractivity contribution in [3.63, 3.8) is 0 Å². The minimum Gasteiger partial charge on any atom is -0.493 e. The molecular formula is C22H24N4O3. The second-order valence-electron chi connectivity index (χ2n) is 6.76. The van der Waals surface area contributed by atoms with E-state index < -0.39 is 0 Å². The van der Waals surface area contributed by atoms with E-state index in [0.29, 0.717) is 29.0 Å². The van der Waals surface area contributed by atoms with E-state index in [0.717, 1.165) is 30.0 Å². The molecule has 0 aliphatic carbocycles. The molecule has 0 spiro atoms. The van der Waals surface area contributed by atoms with Crippen molar-refractivity contribution in [1.29, 1.82) is 0 Å². The lowest BCUT2D eigenvalue weighted by molar-refractivity contribution is 0.324. The van der Waals surface area contributed by atoms with Gasteiger partial charge in [0.25, 0.3) is 0 Å². The Kier molecular flexibility index (Phi) is 5.12. The van der Waals surface area contributed by atoms with E-state index in [-0.39, 0.29) is 0 Å². The van der Waals surface area contributed by atoms with Gasteiger partial charge in [-0.1, -0.05) is 18.2 Å². The number of para-hydroxylation sites is 1. The predicted molar refractivity (Wildman–Crippen MR) is 113 cm³/mol. The Hall–Kier alpha value is -3.48. The molecule has 0 saturated heterocycles. The summed E-state index contributed by atoms with van der Waals surface area (Å²) in [5, 5.41) is 3.34. The predicted octanol–water partition coefficient (Wildman–Crippen LogP) is 4.25. The quantitative estimate of drug-likeness (QED) is 0.672. The van der Waals surface area contributed by atoms with Gasteiger partial charge in [0.1, 0.15) is 5.82 Å². The highest BCUT2D eigenvalue weighted by Gasteiger charge is 2.22. The Labute approximate surface area is 170 Å². The topological polar surface area (TPSA) is 68.7 Å². The number of ether oxygens (including phenoxy) is 3. The van der Waals surface area contributed by atoms with Gasteiger partial charge in [-0.2, -0.15) is 4.98 Å². The number of methoxy groups -OCH3 is 3. The molecule has 7 heteroatoms. The molecule has 0 fully saturated rings. The van der Waals surface area contributed by atoms with Gasteiger partial charge in [-0.25, -0.2) is 4.98 Å². The standard InChI is InChI=1S/C22H24N4O3/c1-14-11-20(24-16-12-18(27-2)21(29-4)19(13-16)28-3)25-22(23-14)26-10-9-15-7-5-6-8-17(15)26/h5-8,11-13H,9-10H2,1-4H3,(H,23,24,25). The third kappa shape index (κ3) is 3.63. The van der Waals surface area contributed by atoms with E-state index in [4.69, 9.17) is 19.2 Å². The zero-order chi connectivity index (χ0) is 20.4. The number of aromatic nitrogens is 2. The molecular weight excluding hydrogens is 368 g/mol. The largest absolute Gasteiger partial charge is 0.493 e. The number of nitrogens with one attached hydrogen (secondary N) is 1. The molecule has 29 heavy (non-hydrogen) atoms. The number of rotatable bonds is 6. The third-order valence-corrected chi connectivity index (χ3v) is 4.91. The van der Waals surface area contributed by atoms with Crippen LogP contribution >= 0.6 is 0 Å². The first-order valence-corrected chi connectivity index (χ1v) is 9.41. The van der Waals surface area contributed by atoms with Crippen LogP contribution in [-0.4, -0.2) is 37.8 Å². The number of anilines is 4. The lowest BCUT2D eigenvalue weighted by atomic mass is 10.2. The molecule has 0 radical (unpaired) electrons. The minimum atomic E-state index is 0.550. The maximum absolute atomic E-state index is 5.44. The van der Waals surface area contributed by atoms with E-state index in [1.807, 2.05) is 31.2 Å². The van der Waals surface area contributed by atoms with Gasteiger partial charge in [-0.3, -0.25) is 0 Å². The van der Waals surface area contributed by atoms with Crippen LogP contribution in [0.1, 0.15) is 11.3 Å². The Bertz CT molecular complexity index is 1010. The summed E-state index contributed by atoms with van der Waals surface area (Å²) in [6.45, 7) is 2.83. The van der Waals surface area contributed by atoms with Crippen molar-refractivity contribution in [2.24, 2.45) is 0 Å². The molecule has 0 amide bonds. The summed E-state index contributed by atoms with van der Waals surface area (Å²) in [6, 6.07) is 14.0. The van der Waals surface area contributed by atoms with Gasteiger partial charge < -0.3 is 24.4 Å². The second-order valence-corrected chi connectivity index (χ2v) is 6.76. The number of nitrogens with zero attached hydrogens (tertiary/aromatic N) is 3. The molecule has 150 valence electrons. The number of hydrogen-bond acceptors (Lipinski definition) is 7. The number of hydrogen-bond donors (Lipinski definition) is 1. The van der Waals surface area contributed by atoms with E-state index in [2.05, 4.69) is 33.4 Å². The fourth-order valence-corrected chi connectivity index (χ4v) is 3.58. The minimum absolute atomic E-state index is 0.550. The van der Waals surface area contributed by atoms with Crippen LogP contribution in [0.4, 0.5) is 23.1 Å². The first kappa shape index (κ1) is 18.9. The van der Waals surface area contributed by atoms with Crippen LogP contribution in [0.5, 0.6) is 17.2 Å². The van der Waals surface area contributed by atoms with Crippen LogP contribution in [0.2, 0.25) is 0 Å². The summed E-state index contributed by atoms with van der Waals surface area (Å²) in [7, 11) is 4.78. The highest BCUT2D eigenvalue weighted by molar-refractivity contribution is 5.69. The van der Waals surface area contributed by atoms with Crippen molar-refractivity contribution in [2.75, 3.05) is 38.1 Å². The van der Waals surface area contributed by atoms with Crippen LogP contribution < -0.4 is 24.4 Å². The summed E-state index contributed by atoms with van der Waals surface area (Å²) >= 11 is 0. The van der Waals surface area contributed by atoms with Gasteiger partial charge in [-0.15, -0.1) is 0 Å². The van der Waals surface area contributed by atoms with Gasteiger partial charge in [0.05, 0.1) is 21.3 Å². The summed E-state index contributed by atoms with van der Waals surface area (Å²) in [5.41, 5.74) is 4.15. The van der Waals surface area contributed by atoms with E-state index in [1.165, 1.54) is 5.56 Å². The Morgan fingerprint density at radius 1 is 0.931 bits per heavy atom. The van der Waals surface area contributed by atoms with Crippen LogP contribution in [0.15, 0.2) is 42.5 Å². The average molecular weight is 392 g/mol. The van der Waals surface area contributed by atoms with Gasteiger partial charge in [0.15, 0.2) is 11.5 Å². The van der Waals surface area contributed by atoms with Crippen LogP contribution in [0, 0.1) is 6.92 Å². The summed E-state index contributed by atoms with van der Waals surface area (Å²) in [5.74, 6) is 3.09. The molecule has 0 bridgehead atoms. The van der Waals surface area contributed by atoms with Crippen LogP contribution in [0.25, 0.3) is 0 Å². The molecule has 1 aliphatic rings. The van der Waals surface area contributed by atoms with Crippen LogP contribution in [-0.2, 0) is 6.42 Å². The maximum Gasteiger partial charge on any atom is 0.232 e. The van der Waals surface area contributed by atoms with E-state index >= 15 is 0 Å². The van der Waals surface area contributed by atoms with E-state index in [9.17, 15) is 0 Å². The van der Waals surface area contributed by atoms with Gasteiger partial charge in [0, 0.05) is 41.8 Å². The lowest BCUT2D eigenvalue weighted by Gasteiger charge is -2.19. The average Bonchev–Trinajstić information content (AvgIpc) is 3.16.